The van der Waals surface area contributed by atoms with Gasteiger partial charge in [0.15, 0.2) is 0 Å². The molecule has 0 heterocycles. The van der Waals surface area contributed by atoms with E-state index in [2.05, 4.69) is 0 Å². The molecule has 0 spiro atoms. The predicted octanol–water partition coefficient (Wildman–Crippen LogP) is 3.58. The van der Waals surface area contributed by atoms with E-state index in [1.807, 2.05) is 0 Å². The van der Waals surface area contributed by atoms with Crippen LogP contribution in [0.1, 0.15) is 47.2 Å². The number of benzene rings is 1. The van der Waals surface area contributed by atoms with Crippen molar-refractivity contribution in [3.05, 3.63) is 28.8 Å². The molecule has 0 amide bonds. The number of halogens is 1. The Kier molecular flexibility index (Phi) is 4.94. The molecule has 21 heavy (non-hydrogen) atoms. The zero-order valence-corrected chi connectivity index (χ0v) is 13.8. The zero-order chi connectivity index (χ0) is 15.6. The van der Waals surface area contributed by atoms with Gasteiger partial charge in [0.2, 0.25) is 0 Å². The molecule has 0 saturated heterocycles. The molecule has 0 aliphatic heterocycles. The third kappa shape index (κ3) is 3.98. The van der Waals surface area contributed by atoms with E-state index in [4.69, 9.17) is 15.4 Å². The quantitative estimate of drug-likeness (QED) is 0.611. The highest BCUT2D eigenvalue weighted by molar-refractivity contribution is 8.13. The van der Waals surface area contributed by atoms with Gasteiger partial charge in [-0.2, -0.15) is 0 Å². The maximum Gasteiger partial charge on any atom is 0.338 e. The Morgan fingerprint density at radius 1 is 1.29 bits per heavy atom. The monoisotopic (exact) mass is 330 g/mol. The first-order valence-electron chi connectivity index (χ1n) is 7.02. The van der Waals surface area contributed by atoms with Crippen molar-refractivity contribution in [3.63, 3.8) is 0 Å². The minimum atomic E-state index is -3.87. The fourth-order valence-corrected chi connectivity index (χ4v) is 3.69. The lowest BCUT2D eigenvalue weighted by Crippen LogP contribution is -2.16. The van der Waals surface area contributed by atoms with Crippen molar-refractivity contribution < 1.29 is 17.9 Å². The van der Waals surface area contributed by atoms with Gasteiger partial charge in [-0.15, -0.1) is 0 Å². The van der Waals surface area contributed by atoms with E-state index in [1.54, 1.807) is 19.9 Å². The Balaban J connectivity index is 2.12. The summed E-state index contributed by atoms with van der Waals surface area (Å²) in [5.74, 6) is 0.170. The number of esters is 1. The second-order valence-corrected chi connectivity index (χ2v) is 8.13. The molecule has 1 aromatic carbocycles. The topological polar surface area (TPSA) is 60.4 Å². The standard InChI is InChI=1S/C15H19ClO4S/c1-10-8-11(2)14(21(16,18)19)9-13(10)15(17)20-7-6-12-4-3-5-12/h8-9,12H,3-7H2,1-2H3. The van der Waals surface area contributed by atoms with Crippen LogP contribution in [-0.2, 0) is 13.8 Å². The number of hydrogen-bond donors (Lipinski definition) is 0. The molecular formula is C15H19ClO4S. The van der Waals surface area contributed by atoms with Gasteiger partial charge in [-0.1, -0.05) is 25.3 Å². The molecule has 1 aliphatic rings. The number of hydrogen-bond acceptors (Lipinski definition) is 4. The van der Waals surface area contributed by atoms with Crippen molar-refractivity contribution in [1.29, 1.82) is 0 Å². The second kappa shape index (κ2) is 6.36. The molecule has 0 bridgehead atoms. The van der Waals surface area contributed by atoms with Crippen molar-refractivity contribution in [2.45, 2.75) is 44.4 Å². The third-order valence-corrected chi connectivity index (χ3v) is 5.45. The smallest absolute Gasteiger partial charge is 0.338 e. The summed E-state index contributed by atoms with van der Waals surface area (Å²) in [6.45, 7) is 3.77. The molecule has 116 valence electrons. The lowest BCUT2D eigenvalue weighted by atomic mass is 9.83. The van der Waals surface area contributed by atoms with Gasteiger partial charge in [0.25, 0.3) is 9.05 Å². The summed E-state index contributed by atoms with van der Waals surface area (Å²) < 4.78 is 28.3. The Labute approximate surface area is 129 Å². The molecule has 1 aliphatic carbocycles. The minimum Gasteiger partial charge on any atom is -0.462 e. The Bertz CT molecular complexity index is 648. The van der Waals surface area contributed by atoms with Gasteiger partial charge in [-0.05, 0) is 43.4 Å². The minimum absolute atomic E-state index is 0.0410. The molecule has 0 N–H and O–H groups in total. The first-order valence-corrected chi connectivity index (χ1v) is 9.33. The molecule has 1 fully saturated rings. The summed E-state index contributed by atoms with van der Waals surface area (Å²) in [5.41, 5.74) is 1.46. The van der Waals surface area contributed by atoms with Crippen molar-refractivity contribution in [1.82, 2.24) is 0 Å². The molecule has 0 unspecified atom stereocenters. The van der Waals surface area contributed by atoms with Gasteiger partial charge in [0.1, 0.15) is 0 Å². The SMILES string of the molecule is Cc1cc(C)c(S(=O)(=O)Cl)cc1C(=O)OCCC1CCC1. The summed E-state index contributed by atoms with van der Waals surface area (Å²) in [5, 5.41) is 0. The van der Waals surface area contributed by atoms with E-state index in [0.717, 1.165) is 6.42 Å². The summed E-state index contributed by atoms with van der Waals surface area (Å²) in [4.78, 5) is 12.0. The molecular weight excluding hydrogens is 312 g/mol. The van der Waals surface area contributed by atoms with E-state index >= 15 is 0 Å². The van der Waals surface area contributed by atoms with Gasteiger partial charge in [-0.25, -0.2) is 13.2 Å². The van der Waals surface area contributed by atoms with E-state index in [1.165, 1.54) is 25.3 Å². The van der Waals surface area contributed by atoms with Gasteiger partial charge < -0.3 is 4.74 Å². The molecule has 0 aromatic heterocycles. The third-order valence-electron chi connectivity index (χ3n) is 3.99. The molecule has 6 heteroatoms. The molecule has 2 rings (SSSR count). The number of aryl methyl sites for hydroxylation is 2. The summed E-state index contributed by atoms with van der Waals surface area (Å²) in [6, 6.07) is 2.94. The normalized spacial score (nSPS) is 15.6. The molecule has 0 radical (unpaired) electrons. The van der Waals surface area contributed by atoms with Gasteiger partial charge in [0.05, 0.1) is 17.1 Å². The van der Waals surface area contributed by atoms with E-state index in [9.17, 15) is 13.2 Å². The maximum atomic E-state index is 12.1. The fourth-order valence-electron chi connectivity index (χ4n) is 2.49. The van der Waals surface area contributed by atoms with Crippen LogP contribution in [0.15, 0.2) is 17.0 Å². The van der Waals surface area contributed by atoms with Crippen LogP contribution < -0.4 is 0 Å². The van der Waals surface area contributed by atoms with Gasteiger partial charge in [0, 0.05) is 10.7 Å². The maximum absolute atomic E-state index is 12.1. The van der Waals surface area contributed by atoms with Crippen LogP contribution in [-0.4, -0.2) is 21.0 Å². The fraction of sp³-hybridized carbons (Fsp3) is 0.533. The summed E-state index contributed by atoms with van der Waals surface area (Å²) in [6.07, 6.45) is 4.54. The van der Waals surface area contributed by atoms with E-state index in [-0.39, 0.29) is 10.5 Å². The molecule has 1 aromatic rings. The van der Waals surface area contributed by atoms with Crippen molar-refractivity contribution in [2.24, 2.45) is 5.92 Å². The van der Waals surface area contributed by atoms with E-state index < -0.39 is 15.0 Å². The van der Waals surface area contributed by atoms with Crippen LogP contribution in [0.4, 0.5) is 0 Å². The van der Waals surface area contributed by atoms with Crippen LogP contribution in [0.3, 0.4) is 0 Å². The first-order chi connectivity index (χ1) is 9.79. The number of carbonyl (C=O) groups excluding carboxylic acids is 1. The van der Waals surface area contributed by atoms with E-state index in [0.29, 0.717) is 23.7 Å². The Morgan fingerprint density at radius 3 is 2.48 bits per heavy atom. The molecule has 4 nitrogen and oxygen atoms in total. The summed E-state index contributed by atoms with van der Waals surface area (Å²) >= 11 is 0. The largest absolute Gasteiger partial charge is 0.462 e. The zero-order valence-electron chi connectivity index (χ0n) is 12.2. The highest BCUT2D eigenvalue weighted by Crippen LogP contribution is 2.29. The van der Waals surface area contributed by atoms with Crippen molar-refractivity contribution >= 4 is 25.7 Å². The Morgan fingerprint density at radius 2 is 1.95 bits per heavy atom. The van der Waals surface area contributed by atoms with Crippen molar-refractivity contribution in [3.8, 4) is 0 Å². The first kappa shape index (κ1) is 16.3. The number of rotatable bonds is 5. The molecule has 1 saturated carbocycles. The van der Waals surface area contributed by atoms with Crippen molar-refractivity contribution in [2.75, 3.05) is 6.61 Å². The lowest BCUT2D eigenvalue weighted by Gasteiger charge is -2.24. The van der Waals surface area contributed by atoms with Gasteiger partial charge >= 0.3 is 5.97 Å². The second-order valence-electron chi connectivity index (χ2n) is 5.59. The molecule has 0 atom stereocenters. The average Bonchev–Trinajstić information content (AvgIpc) is 2.30. The highest BCUT2D eigenvalue weighted by atomic mass is 35.7. The van der Waals surface area contributed by atoms with Gasteiger partial charge in [-0.3, -0.25) is 0 Å². The number of carbonyl (C=O) groups is 1. The van der Waals surface area contributed by atoms with Crippen LogP contribution in [0, 0.1) is 19.8 Å². The van der Waals surface area contributed by atoms with Crippen LogP contribution >= 0.6 is 10.7 Å². The predicted molar refractivity (Wildman–Crippen MR) is 81.2 cm³/mol. The Hall–Kier alpha value is -1.07. The summed E-state index contributed by atoms with van der Waals surface area (Å²) in [7, 11) is 1.51. The van der Waals surface area contributed by atoms with Crippen LogP contribution in [0.5, 0.6) is 0 Å². The van der Waals surface area contributed by atoms with Crippen LogP contribution in [0.25, 0.3) is 0 Å². The highest BCUT2D eigenvalue weighted by Gasteiger charge is 2.21. The lowest BCUT2D eigenvalue weighted by molar-refractivity contribution is 0.0463. The van der Waals surface area contributed by atoms with Crippen LogP contribution in [0.2, 0.25) is 0 Å². The number of ether oxygens (including phenoxy) is 1. The average molecular weight is 331 g/mol.